The van der Waals surface area contributed by atoms with Crippen molar-refractivity contribution in [3.63, 3.8) is 0 Å². The van der Waals surface area contributed by atoms with Gasteiger partial charge in [0.1, 0.15) is 5.75 Å². The molecule has 1 aromatic rings. The van der Waals surface area contributed by atoms with E-state index in [2.05, 4.69) is 6.07 Å². The van der Waals surface area contributed by atoms with E-state index in [4.69, 9.17) is 10.5 Å². The van der Waals surface area contributed by atoms with E-state index in [0.29, 0.717) is 18.8 Å². The van der Waals surface area contributed by atoms with Gasteiger partial charge in [-0.15, -0.1) is 0 Å². The van der Waals surface area contributed by atoms with Crippen LogP contribution in [0.2, 0.25) is 0 Å². The quantitative estimate of drug-likeness (QED) is 0.617. The molecule has 4 heteroatoms. The molecular weight excluding hydrogens is 254 g/mol. The van der Waals surface area contributed by atoms with Gasteiger partial charge in [-0.1, -0.05) is 6.07 Å². The van der Waals surface area contributed by atoms with E-state index >= 15 is 0 Å². The maximum absolute atomic E-state index is 11.2. The number of nitrogens with two attached hydrogens (primary N) is 1. The van der Waals surface area contributed by atoms with Gasteiger partial charge in [0.2, 0.25) is 0 Å². The number of hydrogen-bond donors (Lipinski definition) is 2. The van der Waals surface area contributed by atoms with Gasteiger partial charge in [0, 0.05) is 12.5 Å². The van der Waals surface area contributed by atoms with Crippen LogP contribution in [0.5, 0.6) is 5.75 Å². The van der Waals surface area contributed by atoms with E-state index in [0.717, 1.165) is 43.2 Å². The Balaban J connectivity index is 1.84. The number of benzene rings is 1. The Morgan fingerprint density at radius 3 is 2.95 bits per heavy atom. The number of esters is 1. The Kier molecular flexibility index (Phi) is 5.01. The minimum absolute atomic E-state index is 0.129. The number of aryl methyl sites for hydroxylation is 1. The van der Waals surface area contributed by atoms with Crippen molar-refractivity contribution in [1.29, 1.82) is 0 Å². The molecule has 0 fully saturated rings. The summed E-state index contributed by atoms with van der Waals surface area (Å²) in [6.45, 7) is 2.26. The predicted molar refractivity (Wildman–Crippen MR) is 77.7 cm³/mol. The number of hydrogen-bond acceptors (Lipinski definition) is 4. The van der Waals surface area contributed by atoms with Gasteiger partial charge in [0.15, 0.2) is 0 Å². The largest absolute Gasteiger partial charge is 0.508 e. The summed E-state index contributed by atoms with van der Waals surface area (Å²) >= 11 is 0. The molecule has 110 valence electrons. The van der Waals surface area contributed by atoms with Crippen molar-refractivity contribution in [3.8, 4) is 5.75 Å². The lowest BCUT2D eigenvalue weighted by atomic mass is 10.0. The first kappa shape index (κ1) is 14.9. The smallest absolute Gasteiger partial charge is 0.305 e. The molecule has 3 N–H and O–H groups in total. The summed E-state index contributed by atoms with van der Waals surface area (Å²) in [6.07, 6.45) is 4.69. The average Bonchev–Trinajstić information content (AvgIpc) is 2.76. The highest BCUT2D eigenvalue weighted by molar-refractivity contribution is 5.69. The molecule has 0 saturated heterocycles. The average molecular weight is 277 g/mol. The van der Waals surface area contributed by atoms with Crippen LogP contribution in [0.1, 0.15) is 42.9 Å². The number of rotatable bonds is 6. The molecule has 0 aliphatic heterocycles. The summed E-state index contributed by atoms with van der Waals surface area (Å²) in [4.78, 5) is 11.2. The molecule has 0 radical (unpaired) electrons. The summed E-state index contributed by atoms with van der Waals surface area (Å²) in [6, 6.07) is 4.11. The number of fused-ring (bicyclic) bond motifs is 1. The maximum atomic E-state index is 11.2. The highest BCUT2D eigenvalue weighted by Crippen LogP contribution is 2.31. The number of aromatic hydroxyl groups is 1. The van der Waals surface area contributed by atoms with Crippen molar-refractivity contribution in [2.75, 3.05) is 6.61 Å². The van der Waals surface area contributed by atoms with Crippen LogP contribution in [0.15, 0.2) is 12.1 Å². The number of carbonyl (C=O) groups excluding carboxylic acids is 1. The van der Waals surface area contributed by atoms with Gasteiger partial charge in [-0.05, 0) is 61.8 Å². The third-order valence-electron chi connectivity index (χ3n) is 3.73. The maximum Gasteiger partial charge on any atom is 0.305 e. The molecule has 0 bridgehead atoms. The van der Waals surface area contributed by atoms with Crippen LogP contribution >= 0.6 is 0 Å². The van der Waals surface area contributed by atoms with Gasteiger partial charge in [0.25, 0.3) is 0 Å². The summed E-state index contributed by atoms with van der Waals surface area (Å²) in [5, 5.41) is 10.0. The molecule has 0 spiro atoms. The van der Waals surface area contributed by atoms with Crippen molar-refractivity contribution in [2.45, 2.75) is 51.5 Å². The fourth-order valence-corrected chi connectivity index (χ4v) is 2.79. The molecule has 0 aromatic heterocycles. The SMILES string of the molecule is CCOC(=O)CCCCc1cc(O)c2c(c1)CC(N)C2. The second kappa shape index (κ2) is 6.75. The van der Waals surface area contributed by atoms with Crippen LogP contribution in [0.3, 0.4) is 0 Å². The summed E-state index contributed by atoms with van der Waals surface area (Å²) < 4.78 is 4.89. The van der Waals surface area contributed by atoms with E-state index < -0.39 is 0 Å². The van der Waals surface area contributed by atoms with Crippen LogP contribution in [-0.2, 0) is 28.8 Å². The fraction of sp³-hybridized carbons (Fsp3) is 0.562. The molecule has 1 atom stereocenters. The second-order valence-corrected chi connectivity index (χ2v) is 5.43. The first-order valence-electron chi connectivity index (χ1n) is 7.35. The Labute approximate surface area is 119 Å². The molecule has 1 aromatic carbocycles. The minimum Gasteiger partial charge on any atom is -0.508 e. The van der Waals surface area contributed by atoms with E-state index in [-0.39, 0.29) is 12.0 Å². The molecule has 1 aliphatic rings. The zero-order valence-corrected chi connectivity index (χ0v) is 12.0. The van der Waals surface area contributed by atoms with Crippen LogP contribution in [0, 0.1) is 0 Å². The van der Waals surface area contributed by atoms with Crippen molar-refractivity contribution < 1.29 is 14.6 Å². The van der Waals surface area contributed by atoms with Gasteiger partial charge >= 0.3 is 5.97 Å². The highest BCUT2D eigenvalue weighted by Gasteiger charge is 2.21. The highest BCUT2D eigenvalue weighted by atomic mass is 16.5. The molecule has 1 aliphatic carbocycles. The Morgan fingerprint density at radius 1 is 1.40 bits per heavy atom. The second-order valence-electron chi connectivity index (χ2n) is 5.43. The molecule has 0 heterocycles. The monoisotopic (exact) mass is 277 g/mol. The number of carbonyl (C=O) groups is 1. The van der Waals surface area contributed by atoms with Crippen molar-refractivity contribution in [2.24, 2.45) is 5.73 Å². The van der Waals surface area contributed by atoms with Gasteiger partial charge < -0.3 is 15.6 Å². The topological polar surface area (TPSA) is 72.5 Å². The van der Waals surface area contributed by atoms with E-state index in [1.807, 2.05) is 13.0 Å². The first-order chi connectivity index (χ1) is 9.60. The number of unbranched alkanes of at least 4 members (excludes halogenated alkanes) is 1. The zero-order valence-electron chi connectivity index (χ0n) is 12.0. The Morgan fingerprint density at radius 2 is 2.20 bits per heavy atom. The van der Waals surface area contributed by atoms with Crippen molar-refractivity contribution >= 4 is 5.97 Å². The van der Waals surface area contributed by atoms with Crippen molar-refractivity contribution in [3.05, 3.63) is 28.8 Å². The lowest BCUT2D eigenvalue weighted by molar-refractivity contribution is -0.143. The molecule has 1 unspecified atom stereocenters. The number of ether oxygens (including phenoxy) is 1. The molecule has 4 nitrogen and oxygen atoms in total. The number of phenols is 1. The van der Waals surface area contributed by atoms with Gasteiger partial charge in [-0.25, -0.2) is 0 Å². The molecule has 2 rings (SSSR count). The first-order valence-corrected chi connectivity index (χ1v) is 7.35. The van der Waals surface area contributed by atoms with E-state index in [1.54, 1.807) is 0 Å². The standard InChI is InChI=1S/C16H23NO3/c1-2-20-16(19)6-4-3-5-11-7-12-9-13(17)10-14(12)15(18)8-11/h7-8,13,18H,2-6,9-10,17H2,1H3. The summed E-state index contributed by atoms with van der Waals surface area (Å²) in [5.41, 5.74) is 9.23. The summed E-state index contributed by atoms with van der Waals surface area (Å²) in [5.74, 6) is 0.242. The van der Waals surface area contributed by atoms with Crippen LogP contribution in [0.25, 0.3) is 0 Å². The third-order valence-corrected chi connectivity index (χ3v) is 3.73. The Hall–Kier alpha value is -1.55. The molecule has 20 heavy (non-hydrogen) atoms. The van der Waals surface area contributed by atoms with E-state index in [1.165, 1.54) is 5.56 Å². The normalized spacial score (nSPS) is 17.0. The zero-order chi connectivity index (χ0) is 14.5. The third kappa shape index (κ3) is 3.73. The fourth-order valence-electron chi connectivity index (χ4n) is 2.79. The van der Waals surface area contributed by atoms with Gasteiger partial charge in [0.05, 0.1) is 6.61 Å². The molecular formula is C16H23NO3. The predicted octanol–water partition coefficient (Wildman–Crippen LogP) is 2.09. The van der Waals surface area contributed by atoms with Crippen LogP contribution in [-0.4, -0.2) is 23.7 Å². The molecule has 0 saturated carbocycles. The minimum atomic E-state index is -0.129. The van der Waals surface area contributed by atoms with Crippen LogP contribution in [0.4, 0.5) is 0 Å². The lowest BCUT2D eigenvalue weighted by Crippen LogP contribution is -2.19. The molecule has 0 amide bonds. The van der Waals surface area contributed by atoms with E-state index in [9.17, 15) is 9.90 Å². The van der Waals surface area contributed by atoms with Crippen molar-refractivity contribution in [1.82, 2.24) is 0 Å². The van der Waals surface area contributed by atoms with Crippen LogP contribution < -0.4 is 5.73 Å². The lowest BCUT2D eigenvalue weighted by Gasteiger charge is -2.07. The van der Waals surface area contributed by atoms with Gasteiger partial charge in [-0.3, -0.25) is 4.79 Å². The Bertz CT molecular complexity index is 485. The summed E-state index contributed by atoms with van der Waals surface area (Å²) in [7, 11) is 0. The number of phenolic OH excluding ortho intramolecular Hbond substituents is 1. The van der Waals surface area contributed by atoms with Gasteiger partial charge in [-0.2, -0.15) is 0 Å².